The van der Waals surface area contributed by atoms with Crippen LogP contribution in [0.5, 0.6) is 0 Å². The van der Waals surface area contributed by atoms with Gasteiger partial charge in [0.25, 0.3) is 0 Å². The van der Waals surface area contributed by atoms with E-state index in [0.29, 0.717) is 7.35 Å². The summed E-state index contributed by atoms with van der Waals surface area (Å²) in [6, 6.07) is 33.5. The van der Waals surface area contributed by atoms with Gasteiger partial charge in [0.15, 0.2) is 0 Å². The van der Waals surface area contributed by atoms with E-state index in [9.17, 15) is 0 Å². The van der Waals surface area contributed by atoms with Crippen LogP contribution in [0.25, 0.3) is 23.3 Å². The van der Waals surface area contributed by atoms with E-state index in [1.54, 1.807) is 22.3 Å². The van der Waals surface area contributed by atoms with Crippen LogP contribution >= 0.6 is 0 Å². The summed E-state index contributed by atoms with van der Waals surface area (Å²) in [7, 11) is 0. The van der Waals surface area contributed by atoms with E-state index in [1.807, 2.05) is 0 Å². The number of benzene rings is 4. The van der Waals surface area contributed by atoms with Gasteiger partial charge < -0.3 is 0 Å². The second-order valence-electron chi connectivity index (χ2n) is 18.1. The first-order valence-corrected chi connectivity index (χ1v) is 21.7. The van der Waals surface area contributed by atoms with Crippen LogP contribution in [-0.4, -0.2) is 0 Å². The van der Waals surface area contributed by atoms with E-state index in [0.717, 1.165) is 0 Å². The summed E-state index contributed by atoms with van der Waals surface area (Å²) in [5.74, 6) is 0. The molecular weight excluding hydrogens is 731 g/mol. The van der Waals surface area contributed by atoms with Crippen molar-refractivity contribution in [1.29, 1.82) is 0 Å². The minimum atomic E-state index is -1.48. The first-order chi connectivity index (χ1) is 21.8. The fourth-order valence-corrected chi connectivity index (χ4v) is 14.5. The van der Waals surface area contributed by atoms with Crippen LogP contribution in [0.4, 0.5) is 0 Å². The summed E-state index contributed by atoms with van der Waals surface area (Å²) in [6.45, 7) is 28.3. The molecule has 0 nitrogen and oxygen atoms in total. The van der Waals surface area contributed by atoms with E-state index in [2.05, 4.69) is 180 Å². The van der Waals surface area contributed by atoms with Crippen LogP contribution in [-0.2, 0) is 44.6 Å². The Balaban J connectivity index is 1.51. The Hall–Kier alpha value is -2.77. The molecule has 0 saturated heterocycles. The summed E-state index contributed by atoms with van der Waals surface area (Å²) in [5, 5.41) is 0. The molecule has 6 rings (SSSR count). The molecule has 4 aromatic rings. The van der Waals surface area contributed by atoms with Gasteiger partial charge in [0, 0.05) is 0 Å². The average molecular weight is 785 g/mol. The Labute approximate surface area is 297 Å². The van der Waals surface area contributed by atoms with Gasteiger partial charge in [-0.05, 0) is 0 Å². The molecule has 1 heteroatoms. The molecule has 0 bridgehead atoms. The Morgan fingerprint density at radius 3 is 1.00 bits per heavy atom. The first-order valence-electron chi connectivity index (χ1n) is 17.5. The summed E-state index contributed by atoms with van der Waals surface area (Å²) >= 11 is -1.48. The zero-order valence-electron chi connectivity index (χ0n) is 30.9. The quantitative estimate of drug-likeness (QED) is 0.181. The van der Waals surface area contributed by atoms with E-state index in [-0.39, 0.29) is 21.7 Å². The van der Waals surface area contributed by atoms with Crippen LogP contribution in [0.15, 0.2) is 84.9 Å². The zero-order chi connectivity index (χ0) is 34.1. The van der Waals surface area contributed by atoms with Gasteiger partial charge in [-0.1, -0.05) is 0 Å². The van der Waals surface area contributed by atoms with Crippen LogP contribution in [0.2, 0.25) is 0 Å². The summed E-state index contributed by atoms with van der Waals surface area (Å²) in [6.07, 6.45) is 5.09. The molecule has 2 aliphatic rings. The maximum absolute atomic E-state index is 2.55. The van der Waals surface area contributed by atoms with Crippen molar-refractivity contribution in [3.05, 3.63) is 141 Å². The van der Waals surface area contributed by atoms with Gasteiger partial charge in [0.1, 0.15) is 0 Å². The van der Waals surface area contributed by atoms with Gasteiger partial charge in [-0.25, -0.2) is 0 Å². The molecule has 0 aliphatic heterocycles. The zero-order valence-corrected chi connectivity index (χ0v) is 34.5. The van der Waals surface area contributed by atoms with Crippen molar-refractivity contribution in [2.45, 2.75) is 112 Å². The van der Waals surface area contributed by atoms with Crippen molar-refractivity contribution in [1.82, 2.24) is 0 Å². The SMILES string of the molecule is CC(C)(C)c1cc(C2=Cc3ccccc3[CH]2[Hf][CH]2C(c3cc(C(C)(C)C)cc(C(C)(C)C)c3)=Cc3ccccc32)cc(C(C)(C)C)c1. The van der Waals surface area contributed by atoms with Crippen molar-refractivity contribution in [3.8, 4) is 0 Å². The fraction of sp³-hybridized carbons (Fsp3) is 0.391. The third-order valence-corrected chi connectivity index (χ3v) is 17.1. The number of allylic oxidation sites excluding steroid dienone is 2. The van der Waals surface area contributed by atoms with Crippen LogP contribution < -0.4 is 0 Å². The second-order valence-corrected chi connectivity index (χ2v) is 23.4. The van der Waals surface area contributed by atoms with Gasteiger partial charge in [-0.15, -0.1) is 0 Å². The number of hydrogen-bond donors (Lipinski definition) is 0. The predicted octanol–water partition coefficient (Wildman–Crippen LogP) is 12.8. The van der Waals surface area contributed by atoms with Crippen molar-refractivity contribution in [2.24, 2.45) is 0 Å². The van der Waals surface area contributed by atoms with Gasteiger partial charge in [-0.2, -0.15) is 0 Å². The maximum atomic E-state index is 2.55. The number of fused-ring (bicyclic) bond motifs is 2. The van der Waals surface area contributed by atoms with Crippen molar-refractivity contribution >= 4 is 23.3 Å². The van der Waals surface area contributed by atoms with Crippen molar-refractivity contribution in [2.75, 3.05) is 0 Å². The van der Waals surface area contributed by atoms with Crippen LogP contribution in [0, 0.1) is 0 Å². The van der Waals surface area contributed by atoms with Crippen molar-refractivity contribution in [3.63, 3.8) is 0 Å². The predicted molar refractivity (Wildman–Crippen MR) is 202 cm³/mol. The Morgan fingerprint density at radius 2 is 0.702 bits per heavy atom. The molecular formula is C46H54Hf. The summed E-state index contributed by atoms with van der Waals surface area (Å²) in [4.78, 5) is 0. The van der Waals surface area contributed by atoms with Gasteiger partial charge in [0.05, 0.1) is 0 Å². The van der Waals surface area contributed by atoms with Gasteiger partial charge in [0.2, 0.25) is 0 Å². The average Bonchev–Trinajstić information content (AvgIpc) is 3.54. The fourth-order valence-electron chi connectivity index (χ4n) is 6.99. The molecule has 0 fully saturated rings. The van der Waals surface area contributed by atoms with Crippen LogP contribution in [0.3, 0.4) is 0 Å². The van der Waals surface area contributed by atoms with E-state index in [1.165, 1.54) is 44.5 Å². The summed E-state index contributed by atoms with van der Waals surface area (Å²) in [5.41, 5.74) is 18.0. The molecule has 4 aromatic carbocycles. The van der Waals surface area contributed by atoms with E-state index < -0.39 is 22.9 Å². The molecule has 0 heterocycles. The Bertz CT molecular complexity index is 1680. The third kappa shape index (κ3) is 6.90. The molecule has 0 aromatic heterocycles. The molecule has 0 saturated carbocycles. The second kappa shape index (κ2) is 12.0. The Kier molecular flexibility index (Phi) is 8.69. The monoisotopic (exact) mass is 786 g/mol. The molecule has 47 heavy (non-hydrogen) atoms. The summed E-state index contributed by atoms with van der Waals surface area (Å²) < 4.78 is 1.00. The standard InChI is InChI=1S/2C23H27.Hf/c2*1-22(2,3)20-13-19(14-21(15-20)23(4,5)6)18-11-16-9-7-8-10-17(16)12-18;/h2*7-15H,1-6H3;. The minimum absolute atomic E-state index is 0.0860. The van der Waals surface area contributed by atoms with E-state index in [4.69, 9.17) is 0 Å². The normalized spacial score (nSPS) is 18.0. The molecule has 0 radical (unpaired) electrons. The Morgan fingerprint density at radius 1 is 0.404 bits per heavy atom. The molecule has 2 unspecified atom stereocenters. The molecule has 0 amide bonds. The number of hydrogen-bond acceptors (Lipinski definition) is 0. The first kappa shape index (κ1) is 34.1. The van der Waals surface area contributed by atoms with Gasteiger partial charge in [-0.3, -0.25) is 0 Å². The third-order valence-electron chi connectivity index (χ3n) is 10.2. The molecule has 0 spiro atoms. The molecule has 242 valence electrons. The van der Waals surface area contributed by atoms with Gasteiger partial charge >= 0.3 is 299 Å². The van der Waals surface area contributed by atoms with Crippen molar-refractivity contribution < 1.29 is 22.9 Å². The number of rotatable bonds is 4. The molecule has 0 N–H and O–H groups in total. The van der Waals surface area contributed by atoms with E-state index >= 15 is 0 Å². The molecule has 2 aliphatic carbocycles. The van der Waals surface area contributed by atoms with Crippen LogP contribution in [0.1, 0.15) is 146 Å². The molecule has 2 atom stereocenters. The topological polar surface area (TPSA) is 0 Å².